The van der Waals surface area contributed by atoms with Crippen LogP contribution in [0.5, 0.6) is 0 Å². The maximum atomic E-state index is 12.0. The lowest BCUT2D eigenvalue weighted by Gasteiger charge is -2.27. The Balaban J connectivity index is 2.19. The Kier molecular flexibility index (Phi) is 6.80. The molecule has 1 amide bonds. The highest BCUT2D eigenvalue weighted by molar-refractivity contribution is 5.81. The summed E-state index contributed by atoms with van der Waals surface area (Å²) in [6, 6.07) is 0. The van der Waals surface area contributed by atoms with E-state index in [9.17, 15) is 4.79 Å². The van der Waals surface area contributed by atoms with E-state index in [1.165, 1.54) is 12.8 Å². The number of carbonyl (C=O) groups is 1. The van der Waals surface area contributed by atoms with E-state index in [4.69, 9.17) is 4.74 Å². The van der Waals surface area contributed by atoms with Crippen LogP contribution >= 0.6 is 0 Å². The van der Waals surface area contributed by atoms with Crippen molar-refractivity contribution in [3.8, 4) is 0 Å². The summed E-state index contributed by atoms with van der Waals surface area (Å²) < 4.78 is 5.66. The molecule has 0 bridgehead atoms. The molecule has 1 rings (SSSR count). The first-order chi connectivity index (χ1) is 8.94. The summed E-state index contributed by atoms with van der Waals surface area (Å²) in [7, 11) is 0. The quantitative estimate of drug-likeness (QED) is 0.745. The van der Waals surface area contributed by atoms with Crippen molar-refractivity contribution in [1.82, 2.24) is 10.6 Å². The van der Waals surface area contributed by atoms with Gasteiger partial charge in [-0.2, -0.15) is 0 Å². The Morgan fingerprint density at radius 3 is 2.84 bits per heavy atom. The number of piperidine rings is 1. The molecule has 0 aromatic heterocycles. The van der Waals surface area contributed by atoms with Crippen LogP contribution in [-0.4, -0.2) is 37.2 Å². The maximum Gasteiger partial charge on any atom is 0.249 e. The normalized spacial score (nSPS) is 22.0. The number of rotatable bonds is 7. The summed E-state index contributed by atoms with van der Waals surface area (Å²) in [5, 5.41) is 6.42. The number of carbonyl (C=O) groups excluding carboxylic acids is 1. The van der Waals surface area contributed by atoms with E-state index in [-0.39, 0.29) is 17.6 Å². The van der Waals surface area contributed by atoms with E-state index >= 15 is 0 Å². The van der Waals surface area contributed by atoms with Gasteiger partial charge in [0.1, 0.15) is 6.10 Å². The van der Waals surface area contributed by atoms with E-state index in [1.807, 2.05) is 20.8 Å². The topological polar surface area (TPSA) is 50.4 Å². The second-order valence-corrected chi connectivity index (χ2v) is 6.24. The van der Waals surface area contributed by atoms with Gasteiger partial charge in [0.05, 0.1) is 0 Å². The van der Waals surface area contributed by atoms with Gasteiger partial charge in [0.25, 0.3) is 0 Å². The van der Waals surface area contributed by atoms with Crippen LogP contribution in [0.15, 0.2) is 0 Å². The summed E-state index contributed by atoms with van der Waals surface area (Å²) in [6.07, 6.45) is 4.13. The highest BCUT2D eigenvalue weighted by atomic mass is 16.5. The lowest BCUT2D eigenvalue weighted by Crippen LogP contribution is -2.47. The molecule has 1 aliphatic heterocycles. The zero-order valence-corrected chi connectivity index (χ0v) is 12.9. The summed E-state index contributed by atoms with van der Waals surface area (Å²) in [5.41, 5.74) is -0.151. The SMILES string of the molecule is CCC(C)(C)NC(=O)C(C)OCCC1CCCNC1. The molecule has 2 unspecified atom stereocenters. The second-order valence-electron chi connectivity index (χ2n) is 6.24. The second kappa shape index (κ2) is 7.85. The van der Waals surface area contributed by atoms with Crippen molar-refractivity contribution < 1.29 is 9.53 Å². The molecule has 0 aromatic carbocycles. The molecule has 0 aromatic rings. The van der Waals surface area contributed by atoms with Gasteiger partial charge in [0.15, 0.2) is 0 Å². The Bertz CT molecular complexity index is 273. The van der Waals surface area contributed by atoms with Crippen LogP contribution in [0.3, 0.4) is 0 Å². The molecule has 4 nitrogen and oxygen atoms in total. The number of ether oxygens (including phenoxy) is 1. The minimum atomic E-state index is -0.359. The molecule has 0 spiro atoms. The zero-order valence-electron chi connectivity index (χ0n) is 12.9. The van der Waals surface area contributed by atoms with Crippen LogP contribution in [0.25, 0.3) is 0 Å². The van der Waals surface area contributed by atoms with Gasteiger partial charge in [0, 0.05) is 12.1 Å². The molecule has 1 aliphatic rings. The summed E-state index contributed by atoms with van der Waals surface area (Å²) in [4.78, 5) is 12.0. The van der Waals surface area contributed by atoms with Crippen LogP contribution < -0.4 is 10.6 Å². The summed E-state index contributed by atoms with van der Waals surface area (Å²) in [6.45, 7) is 10.9. The Morgan fingerprint density at radius 2 is 2.26 bits per heavy atom. The van der Waals surface area contributed by atoms with Crippen molar-refractivity contribution in [3.05, 3.63) is 0 Å². The van der Waals surface area contributed by atoms with Crippen LogP contribution in [-0.2, 0) is 9.53 Å². The van der Waals surface area contributed by atoms with Crippen molar-refractivity contribution in [3.63, 3.8) is 0 Å². The minimum absolute atomic E-state index is 0.00591. The zero-order chi connectivity index (χ0) is 14.3. The standard InChI is InChI=1S/C15H30N2O2/c1-5-15(3,4)17-14(18)12(2)19-10-8-13-7-6-9-16-11-13/h12-13,16H,5-11H2,1-4H3,(H,17,18). The molecule has 2 N–H and O–H groups in total. The Morgan fingerprint density at radius 1 is 1.53 bits per heavy atom. The largest absolute Gasteiger partial charge is 0.369 e. The van der Waals surface area contributed by atoms with Crippen LogP contribution in [0.2, 0.25) is 0 Å². The highest BCUT2D eigenvalue weighted by Crippen LogP contribution is 2.14. The van der Waals surface area contributed by atoms with E-state index in [2.05, 4.69) is 17.6 Å². The molecule has 19 heavy (non-hydrogen) atoms. The van der Waals surface area contributed by atoms with Gasteiger partial charge < -0.3 is 15.4 Å². The van der Waals surface area contributed by atoms with Gasteiger partial charge in [0.2, 0.25) is 5.91 Å². The van der Waals surface area contributed by atoms with E-state index in [0.717, 1.165) is 25.9 Å². The number of hydrogen-bond donors (Lipinski definition) is 2. The third-order valence-electron chi connectivity index (χ3n) is 4.01. The first-order valence-electron chi connectivity index (χ1n) is 7.59. The predicted octanol–water partition coefficient (Wildman–Crippen LogP) is 2.09. The van der Waals surface area contributed by atoms with Gasteiger partial charge in [-0.1, -0.05) is 6.92 Å². The third-order valence-corrected chi connectivity index (χ3v) is 4.01. The Hall–Kier alpha value is -0.610. The van der Waals surface area contributed by atoms with Gasteiger partial charge >= 0.3 is 0 Å². The Labute approximate surface area is 117 Å². The molecule has 2 atom stereocenters. The average Bonchev–Trinajstić information content (AvgIpc) is 2.39. The fourth-order valence-corrected chi connectivity index (χ4v) is 2.18. The van der Waals surface area contributed by atoms with Crippen molar-refractivity contribution in [2.75, 3.05) is 19.7 Å². The lowest BCUT2D eigenvalue weighted by molar-refractivity contribution is -0.133. The van der Waals surface area contributed by atoms with Crippen molar-refractivity contribution in [2.45, 2.75) is 65.0 Å². The molecular weight excluding hydrogens is 240 g/mol. The van der Waals surface area contributed by atoms with Gasteiger partial charge in [-0.05, 0) is 65.5 Å². The third kappa shape index (κ3) is 6.39. The number of hydrogen-bond acceptors (Lipinski definition) is 3. The molecule has 0 radical (unpaired) electrons. The molecule has 112 valence electrons. The summed E-state index contributed by atoms with van der Waals surface area (Å²) in [5.74, 6) is 0.699. The predicted molar refractivity (Wildman–Crippen MR) is 78.1 cm³/mol. The molecule has 1 fully saturated rings. The number of amides is 1. The number of nitrogens with one attached hydrogen (secondary N) is 2. The molecule has 4 heteroatoms. The highest BCUT2D eigenvalue weighted by Gasteiger charge is 2.22. The van der Waals surface area contributed by atoms with Crippen molar-refractivity contribution >= 4 is 5.91 Å². The van der Waals surface area contributed by atoms with Crippen LogP contribution in [0.1, 0.15) is 53.4 Å². The van der Waals surface area contributed by atoms with Crippen molar-refractivity contribution in [1.29, 1.82) is 0 Å². The minimum Gasteiger partial charge on any atom is -0.369 e. The van der Waals surface area contributed by atoms with Gasteiger partial charge in [-0.25, -0.2) is 0 Å². The average molecular weight is 270 g/mol. The van der Waals surface area contributed by atoms with Crippen LogP contribution in [0, 0.1) is 5.92 Å². The molecule has 0 aliphatic carbocycles. The lowest BCUT2D eigenvalue weighted by atomic mass is 9.97. The fraction of sp³-hybridized carbons (Fsp3) is 0.933. The molecule has 0 saturated carbocycles. The molecule has 1 saturated heterocycles. The summed E-state index contributed by atoms with van der Waals surface area (Å²) >= 11 is 0. The van der Waals surface area contributed by atoms with E-state index in [1.54, 1.807) is 0 Å². The van der Waals surface area contributed by atoms with Gasteiger partial charge in [-0.15, -0.1) is 0 Å². The van der Waals surface area contributed by atoms with E-state index < -0.39 is 0 Å². The van der Waals surface area contributed by atoms with Crippen LogP contribution in [0.4, 0.5) is 0 Å². The smallest absolute Gasteiger partial charge is 0.249 e. The monoisotopic (exact) mass is 270 g/mol. The van der Waals surface area contributed by atoms with Crippen molar-refractivity contribution in [2.24, 2.45) is 5.92 Å². The molecular formula is C15H30N2O2. The first-order valence-corrected chi connectivity index (χ1v) is 7.59. The fourth-order valence-electron chi connectivity index (χ4n) is 2.18. The van der Waals surface area contributed by atoms with Gasteiger partial charge in [-0.3, -0.25) is 4.79 Å². The first kappa shape index (κ1) is 16.4. The van der Waals surface area contributed by atoms with E-state index in [0.29, 0.717) is 12.5 Å². The molecule has 1 heterocycles. The maximum absolute atomic E-state index is 12.0.